The van der Waals surface area contributed by atoms with Gasteiger partial charge in [0, 0.05) is 11.1 Å². The summed E-state index contributed by atoms with van der Waals surface area (Å²) in [7, 11) is 1.59. The van der Waals surface area contributed by atoms with Gasteiger partial charge in [0.15, 0.2) is 5.60 Å². The maximum atomic E-state index is 13.2. The second kappa shape index (κ2) is 7.59. The molecule has 0 saturated carbocycles. The van der Waals surface area contributed by atoms with Gasteiger partial charge in [-0.3, -0.25) is 0 Å². The standard InChI is InChI=1S/C27H21F3O2/c1-31-22-13-11-20(12-14-22)26(19-7-9-21(10-8-19)27(28,29)30)17-16-24-23-5-3-2-4-18(23)6-15-25(24)32-26/h2-9,11-17,21H,10H2,1H3. The molecule has 0 fully saturated rings. The first-order valence-electron chi connectivity index (χ1n) is 10.4. The zero-order chi connectivity index (χ0) is 22.3. The Kier molecular flexibility index (Phi) is 4.85. The van der Waals surface area contributed by atoms with E-state index >= 15 is 0 Å². The van der Waals surface area contributed by atoms with Crippen molar-refractivity contribution >= 4 is 16.8 Å². The first-order chi connectivity index (χ1) is 15.4. The van der Waals surface area contributed by atoms with Crippen LogP contribution < -0.4 is 9.47 Å². The van der Waals surface area contributed by atoms with Gasteiger partial charge in [-0.25, -0.2) is 0 Å². The van der Waals surface area contributed by atoms with E-state index in [2.05, 4.69) is 0 Å². The molecule has 1 heterocycles. The summed E-state index contributed by atoms with van der Waals surface area (Å²) >= 11 is 0. The molecule has 3 aromatic rings. The Morgan fingerprint density at radius 1 is 0.969 bits per heavy atom. The molecule has 162 valence electrons. The highest BCUT2D eigenvalue weighted by Crippen LogP contribution is 2.46. The van der Waals surface area contributed by atoms with Crippen molar-refractivity contribution in [2.45, 2.75) is 18.2 Å². The third-order valence-electron chi connectivity index (χ3n) is 6.15. The number of ether oxygens (including phenoxy) is 2. The molecule has 0 aromatic heterocycles. The van der Waals surface area contributed by atoms with Crippen LogP contribution >= 0.6 is 0 Å². The highest BCUT2D eigenvalue weighted by Gasteiger charge is 2.42. The van der Waals surface area contributed by atoms with Crippen LogP contribution in [0.3, 0.4) is 0 Å². The fourth-order valence-electron chi connectivity index (χ4n) is 4.40. The first-order valence-corrected chi connectivity index (χ1v) is 10.4. The van der Waals surface area contributed by atoms with Crippen LogP contribution in [0.1, 0.15) is 17.5 Å². The van der Waals surface area contributed by atoms with Gasteiger partial charge in [-0.2, -0.15) is 13.2 Å². The molecule has 1 aliphatic heterocycles. The number of fused-ring (bicyclic) bond motifs is 3. The SMILES string of the molecule is COc1ccc(C2(C3=CCC(C(F)(F)F)C=C3)C=Cc3c(ccc4ccccc34)O2)cc1. The van der Waals surface area contributed by atoms with Crippen LogP contribution in [0.5, 0.6) is 11.5 Å². The molecular weight excluding hydrogens is 413 g/mol. The van der Waals surface area contributed by atoms with E-state index in [1.54, 1.807) is 19.3 Å². The average Bonchev–Trinajstić information content (AvgIpc) is 2.83. The van der Waals surface area contributed by atoms with Crippen molar-refractivity contribution in [3.8, 4) is 11.5 Å². The van der Waals surface area contributed by atoms with Crippen LogP contribution in [0.2, 0.25) is 0 Å². The lowest BCUT2D eigenvalue weighted by molar-refractivity contribution is -0.160. The smallest absolute Gasteiger partial charge is 0.395 e. The van der Waals surface area contributed by atoms with Gasteiger partial charge in [-0.15, -0.1) is 0 Å². The van der Waals surface area contributed by atoms with Crippen LogP contribution in [0.15, 0.2) is 90.5 Å². The maximum Gasteiger partial charge on any atom is 0.395 e. The lowest BCUT2D eigenvalue weighted by atomic mass is 9.79. The topological polar surface area (TPSA) is 18.5 Å². The molecular formula is C27H21F3O2. The van der Waals surface area contributed by atoms with Gasteiger partial charge in [0.2, 0.25) is 0 Å². The van der Waals surface area contributed by atoms with Gasteiger partial charge in [-0.05, 0) is 53.1 Å². The Morgan fingerprint density at radius 3 is 2.44 bits per heavy atom. The number of rotatable bonds is 3. The van der Waals surface area contributed by atoms with E-state index in [-0.39, 0.29) is 6.42 Å². The predicted molar refractivity (Wildman–Crippen MR) is 120 cm³/mol. The van der Waals surface area contributed by atoms with Gasteiger partial charge < -0.3 is 9.47 Å². The summed E-state index contributed by atoms with van der Waals surface area (Å²) in [4.78, 5) is 0. The van der Waals surface area contributed by atoms with Crippen LogP contribution in [0.25, 0.3) is 16.8 Å². The molecule has 0 saturated heterocycles. The van der Waals surface area contributed by atoms with Crippen LogP contribution in [-0.2, 0) is 5.60 Å². The second-order valence-corrected chi connectivity index (χ2v) is 8.00. The largest absolute Gasteiger partial charge is 0.497 e. The number of halogens is 3. The zero-order valence-corrected chi connectivity index (χ0v) is 17.4. The van der Waals surface area contributed by atoms with Crippen molar-refractivity contribution in [1.82, 2.24) is 0 Å². The van der Waals surface area contributed by atoms with Gasteiger partial charge >= 0.3 is 6.18 Å². The number of allylic oxidation sites excluding steroid dienone is 2. The van der Waals surface area contributed by atoms with E-state index in [0.717, 1.165) is 21.9 Å². The number of hydrogen-bond donors (Lipinski definition) is 0. The van der Waals surface area contributed by atoms with E-state index in [9.17, 15) is 13.2 Å². The van der Waals surface area contributed by atoms with Crippen LogP contribution in [0, 0.1) is 5.92 Å². The fraction of sp³-hybridized carbons (Fsp3) is 0.185. The molecule has 0 N–H and O–H groups in total. The Morgan fingerprint density at radius 2 is 1.75 bits per heavy atom. The van der Waals surface area contributed by atoms with Gasteiger partial charge in [-0.1, -0.05) is 60.7 Å². The first kappa shape index (κ1) is 20.4. The second-order valence-electron chi connectivity index (χ2n) is 8.00. The van der Waals surface area contributed by atoms with E-state index < -0.39 is 17.7 Å². The van der Waals surface area contributed by atoms with Crippen LogP contribution in [0.4, 0.5) is 13.2 Å². The van der Waals surface area contributed by atoms with Crippen molar-refractivity contribution in [2.75, 3.05) is 7.11 Å². The van der Waals surface area contributed by atoms with Crippen molar-refractivity contribution in [3.05, 3.63) is 102 Å². The molecule has 2 nitrogen and oxygen atoms in total. The van der Waals surface area contributed by atoms with Gasteiger partial charge in [0.25, 0.3) is 0 Å². The molecule has 2 aliphatic rings. The maximum absolute atomic E-state index is 13.2. The molecule has 0 radical (unpaired) electrons. The lowest BCUT2D eigenvalue weighted by Crippen LogP contribution is -2.36. The molecule has 32 heavy (non-hydrogen) atoms. The summed E-state index contributed by atoms with van der Waals surface area (Å²) in [5.41, 5.74) is 1.42. The summed E-state index contributed by atoms with van der Waals surface area (Å²) in [5, 5.41) is 2.16. The highest BCUT2D eigenvalue weighted by atomic mass is 19.4. The molecule has 0 bridgehead atoms. The van der Waals surface area contributed by atoms with E-state index in [4.69, 9.17) is 9.47 Å². The third kappa shape index (κ3) is 3.38. The zero-order valence-electron chi connectivity index (χ0n) is 17.4. The Labute approximate surface area is 184 Å². The minimum absolute atomic E-state index is 0.116. The summed E-state index contributed by atoms with van der Waals surface area (Å²) < 4.78 is 51.6. The quantitative estimate of drug-likeness (QED) is 0.433. The van der Waals surface area contributed by atoms with E-state index in [1.165, 1.54) is 6.08 Å². The van der Waals surface area contributed by atoms with E-state index in [0.29, 0.717) is 17.1 Å². The number of hydrogen-bond acceptors (Lipinski definition) is 2. The summed E-state index contributed by atoms with van der Waals surface area (Å²) in [6.45, 7) is 0. The Balaban J connectivity index is 1.63. The van der Waals surface area contributed by atoms with Crippen molar-refractivity contribution in [2.24, 2.45) is 5.92 Å². The normalized spacial score (nSPS) is 22.2. The van der Waals surface area contributed by atoms with E-state index in [1.807, 2.05) is 72.8 Å². The van der Waals surface area contributed by atoms with Crippen LogP contribution in [-0.4, -0.2) is 13.3 Å². The summed E-state index contributed by atoms with van der Waals surface area (Å²) in [6.07, 6.45) is 3.98. The molecule has 2 atom stereocenters. The Hall–Kier alpha value is -3.47. The molecule has 0 spiro atoms. The highest BCUT2D eigenvalue weighted by molar-refractivity contribution is 5.94. The lowest BCUT2D eigenvalue weighted by Gasteiger charge is -2.38. The number of benzene rings is 3. The van der Waals surface area contributed by atoms with Gasteiger partial charge in [0.05, 0.1) is 13.0 Å². The monoisotopic (exact) mass is 434 g/mol. The van der Waals surface area contributed by atoms with Crippen molar-refractivity contribution in [3.63, 3.8) is 0 Å². The predicted octanol–water partition coefficient (Wildman–Crippen LogP) is 7.21. The van der Waals surface area contributed by atoms with Crippen molar-refractivity contribution in [1.29, 1.82) is 0 Å². The molecule has 3 aromatic carbocycles. The minimum atomic E-state index is -4.26. The van der Waals surface area contributed by atoms with Crippen molar-refractivity contribution < 1.29 is 22.6 Å². The number of methoxy groups -OCH3 is 1. The Bertz CT molecular complexity index is 1250. The minimum Gasteiger partial charge on any atom is -0.497 e. The average molecular weight is 434 g/mol. The molecule has 5 rings (SSSR count). The fourth-order valence-corrected chi connectivity index (χ4v) is 4.40. The van der Waals surface area contributed by atoms with Gasteiger partial charge in [0.1, 0.15) is 11.5 Å². The number of alkyl halides is 3. The summed E-state index contributed by atoms with van der Waals surface area (Å²) in [5.74, 6) is -0.0994. The molecule has 0 amide bonds. The third-order valence-corrected chi connectivity index (χ3v) is 6.15. The molecule has 1 aliphatic carbocycles. The molecule has 5 heteroatoms. The molecule has 2 unspecified atom stereocenters. The summed E-state index contributed by atoms with van der Waals surface area (Å²) in [6, 6.07) is 19.4.